The lowest BCUT2D eigenvalue weighted by atomic mass is 10.0. The maximum absolute atomic E-state index is 13.2. The van der Waals surface area contributed by atoms with Crippen LogP contribution in [0.4, 0.5) is 10.2 Å². The number of fused-ring (bicyclic) bond motifs is 1. The first-order chi connectivity index (χ1) is 14.7. The standard InChI is InChI=1S/C23H22FN5O2/c1-23(2,31)19-9-6-15(12-25-19)17-10-18-20(22(30)29(3)13-27-18)21(28-17)26-11-14-4-7-16(24)8-5-14/h4-10,12-13,31H,11H2,1-3H3,(H,26,28). The number of hydrogen-bond donors (Lipinski definition) is 2. The zero-order valence-electron chi connectivity index (χ0n) is 17.4. The minimum absolute atomic E-state index is 0.221. The lowest BCUT2D eigenvalue weighted by molar-refractivity contribution is 0.0739. The average Bonchev–Trinajstić information content (AvgIpc) is 2.75. The molecule has 0 fully saturated rings. The molecule has 3 aromatic heterocycles. The minimum Gasteiger partial charge on any atom is -0.384 e. The third-order valence-corrected chi connectivity index (χ3v) is 4.96. The molecule has 0 saturated carbocycles. The number of anilines is 1. The number of pyridine rings is 2. The first-order valence-electron chi connectivity index (χ1n) is 9.76. The number of nitrogens with zero attached hydrogens (tertiary/aromatic N) is 4. The minimum atomic E-state index is -1.05. The zero-order valence-corrected chi connectivity index (χ0v) is 17.4. The highest BCUT2D eigenvalue weighted by Crippen LogP contribution is 2.26. The van der Waals surface area contributed by atoms with Crippen LogP contribution in [0, 0.1) is 5.82 Å². The van der Waals surface area contributed by atoms with Crippen LogP contribution >= 0.6 is 0 Å². The summed E-state index contributed by atoms with van der Waals surface area (Å²) in [6.45, 7) is 3.70. The van der Waals surface area contributed by atoms with E-state index in [1.807, 2.05) is 6.07 Å². The maximum Gasteiger partial charge on any atom is 0.264 e. The van der Waals surface area contributed by atoms with Gasteiger partial charge < -0.3 is 15.0 Å². The summed E-state index contributed by atoms with van der Waals surface area (Å²) in [5.74, 6) is 0.0754. The van der Waals surface area contributed by atoms with E-state index >= 15 is 0 Å². The molecule has 0 bridgehead atoms. The van der Waals surface area contributed by atoms with E-state index in [9.17, 15) is 14.3 Å². The van der Waals surface area contributed by atoms with Crippen molar-refractivity contribution in [2.45, 2.75) is 26.0 Å². The summed E-state index contributed by atoms with van der Waals surface area (Å²) in [5.41, 5.74) is 1.93. The molecule has 0 spiro atoms. The van der Waals surface area contributed by atoms with Gasteiger partial charge >= 0.3 is 0 Å². The number of aryl methyl sites for hydroxylation is 1. The second-order valence-corrected chi connectivity index (χ2v) is 7.88. The molecule has 0 aliphatic heterocycles. The highest BCUT2D eigenvalue weighted by molar-refractivity contribution is 5.91. The molecule has 0 atom stereocenters. The van der Waals surface area contributed by atoms with Gasteiger partial charge in [0.15, 0.2) is 0 Å². The second-order valence-electron chi connectivity index (χ2n) is 7.88. The number of rotatable bonds is 5. The molecule has 0 unspecified atom stereocenters. The Bertz CT molecular complexity index is 1290. The molecule has 0 aliphatic carbocycles. The Morgan fingerprint density at radius 1 is 1.13 bits per heavy atom. The van der Waals surface area contributed by atoms with Crippen LogP contribution in [0.3, 0.4) is 0 Å². The number of nitrogens with one attached hydrogen (secondary N) is 1. The molecular formula is C23H22FN5O2. The lowest BCUT2D eigenvalue weighted by Gasteiger charge is -2.16. The predicted octanol–water partition coefficient (Wildman–Crippen LogP) is 3.37. The summed E-state index contributed by atoms with van der Waals surface area (Å²) in [6.07, 6.45) is 3.10. The van der Waals surface area contributed by atoms with Crippen molar-refractivity contribution >= 4 is 16.7 Å². The normalized spacial score (nSPS) is 11.6. The summed E-state index contributed by atoms with van der Waals surface area (Å²) in [7, 11) is 1.63. The van der Waals surface area contributed by atoms with Crippen LogP contribution in [-0.4, -0.2) is 24.6 Å². The Balaban J connectivity index is 1.78. The van der Waals surface area contributed by atoms with Gasteiger partial charge in [-0.25, -0.2) is 14.4 Å². The lowest BCUT2D eigenvalue weighted by Crippen LogP contribution is -2.19. The van der Waals surface area contributed by atoms with Crippen molar-refractivity contribution in [1.29, 1.82) is 0 Å². The van der Waals surface area contributed by atoms with Crippen LogP contribution < -0.4 is 10.9 Å². The molecule has 3 heterocycles. The summed E-state index contributed by atoms with van der Waals surface area (Å²) < 4.78 is 14.6. The number of halogens is 1. The van der Waals surface area contributed by atoms with Crippen molar-refractivity contribution < 1.29 is 9.50 Å². The molecule has 0 aliphatic rings. The van der Waals surface area contributed by atoms with Gasteiger partial charge in [0.25, 0.3) is 5.56 Å². The molecule has 4 aromatic rings. The van der Waals surface area contributed by atoms with E-state index in [0.717, 1.165) is 11.1 Å². The number of aromatic nitrogens is 4. The topological polar surface area (TPSA) is 92.9 Å². The molecule has 1 aromatic carbocycles. The fourth-order valence-corrected chi connectivity index (χ4v) is 3.19. The van der Waals surface area contributed by atoms with Crippen molar-refractivity contribution in [2.24, 2.45) is 7.05 Å². The van der Waals surface area contributed by atoms with E-state index in [0.29, 0.717) is 34.7 Å². The molecule has 0 amide bonds. The Morgan fingerprint density at radius 2 is 1.87 bits per heavy atom. The van der Waals surface area contributed by atoms with Crippen LogP contribution in [0.15, 0.2) is 59.8 Å². The van der Waals surface area contributed by atoms with Gasteiger partial charge in [0, 0.05) is 25.4 Å². The number of hydrogen-bond acceptors (Lipinski definition) is 6. The van der Waals surface area contributed by atoms with Gasteiger partial charge in [0.05, 0.1) is 23.2 Å². The fraction of sp³-hybridized carbons (Fsp3) is 0.217. The summed E-state index contributed by atoms with van der Waals surface area (Å²) in [6, 6.07) is 11.4. The van der Waals surface area contributed by atoms with Crippen molar-refractivity contribution in [2.75, 3.05) is 5.32 Å². The Hall–Kier alpha value is -3.65. The molecule has 0 saturated heterocycles. The molecule has 31 heavy (non-hydrogen) atoms. The molecule has 8 heteroatoms. The van der Waals surface area contributed by atoms with Crippen molar-refractivity contribution in [1.82, 2.24) is 19.5 Å². The maximum atomic E-state index is 13.2. The highest BCUT2D eigenvalue weighted by Gasteiger charge is 2.18. The van der Waals surface area contributed by atoms with E-state index in [4.69, 9.17) is 0 Å². The third kappa shape index (κ3) is 4.29. The third-order valence-electron chi connectivity index (χ3n) is 4.96. The largest absolute Gasteiger partial charge is 0.384 e. The SMILES string of the molecule is Cn1cnc2cc(-c3ccc(C(C)(C)O)nc3)nc(NCc3ccc(F)cc3)c2c1=O. The van der Waals surface area contributed by atoms with Gasteiger partial charge in [-0.1, -0.05) is 12.1 Å². The van der Waals surface area contributed by atoms with Gasteiger partial charge in [-0.2, -0.15) is 0 Å². The fourth-order valence-electron chi connectivity index (χ4n) is 3.19. The number of aliphatic hydroxyl groups is 1. The molecule has 4 rings (SSSR count). The van der Waals surface area contributed by atoms with Gasteiger partial charge in [0.1, 0.15) is 22.6 Å². The Labute approximate surface area is 178 Å². The second kappa shape index (κ2) is 7.88. The molecular weight excluding hydrogens is 397 g/mol. The van der Waals surface area contributed by atoms with Crippen LogP contribution in [0.25, 0.3) is 22.2 Å². The monoisotopic (exact) mass is 419 g/mol. The van der Waals surface area contributed by atoms with Gasteiger partial charge in [-0.05, 0) is 49.7 Å². The van der Waals surface area contributed by atoms with Crippen molar-refractivity contribution in [3.05, 3.63) is 82.4 Å². The van der Waals surface area contributed by atoms with E-state index < -0.39 is 5.60 Å². The van der Waals surface area contributed by atoms with E-state index in [-0.39, 0.29) is 11.4 Å². The highest BCUT2D eigenvalue weighted by atomic mass is 19.1. The van der Waals surface area contributed by atoms with Crippen LogP contribution in [0.5, 0.6) is 0 Å². The van der Waals surface area contributed by atoms with Crippen LogP contribution in [0.1, 0.15) is 25.1 Å². The quantitative estimate of drug-likeness (QED) is 0.515. The zero-order chi connectivity index (χ0) is 22.2. The van der Waals surface area contributed by atoms with Crippen molar-refractivity contribution in [3.8, 4) is 11.3 Å². The van der Waals surface area contributed by atoms with Crippen molar-refractivity contribution in [3.63, 3.8) is 0 Å². The average molecular weight is 419 g/mol. The first kappa shape index (κ1) is 20.6. The van der Waals surface area contributed by atoms with Gasteiger partial charge in [-0.3, -0.25) is 9.78 Å². The molecule has 2 N–H and O–H groups in total. The van der Waals surface area contributed by atoms with E-state index in [1.54, 1.807) is 51.4 Å². The molecule has 7 nitrogen and oxygen atoms in total. The predicted molar refractivity (Wildman–Crippen MR) is 117 cm³/mol. The molecule has 158 valence electrons. The summed E-state index contributed by atoms with van der Waals surface area (Å²) >= 11 is 0. The number of benzene rings is 1. The Morgan fingerprint density at radius 3 is 2.52 bits per heavy atom. The van der Waals surface area contributed by atoms with Crippen LogP contribution in [0.2, 0.25) is 0 Å². The van der Waals surface area contributed by atoms with E-state index in [2.05, 4.69) is 20.3 Å². The first-order valence-corrected chi connectivity index (χ1v) is 9.76. The van der Waals surface area contributed by atoms with Crippen LogP contribution in [-0.2, 0) is 19.2 Å². The Kier molecular flexibility index (Phi) is 5.24. The summed E-state index contributed by atoms with van der Waals surface area (Å²) in [4.78, 5) is 26.1. The van der Waals surface area contributed by atoms with Gasteiger partial charge in [0.2, 0.25) is 0 Å². The smallest absolute Gasteiger partial charge is 0.264 e. The molecule has 0 radical (unpaired) electrons. The summed E-state index contributed by atoms with van der Waals surface area (Å²) in [5, 5.41) is 13.7. The van der Waals surface area contributed by atoms with E-state index in [1.165, 1.54) is 23.0 Å². The van der Waals surface area contributed by atoms with Gasteiger partial charge in [-0.15, -0.1) is 0 Å².